The van der Waals surface area contributed by atoms with Crippen molar-refractivity contribution in [3.63, 3.8) is 0 Å². The summed E-state index contributed by atoms with van der Waals surface area (Å²) in [5, 5.41) is 8.42. The van der Waals surface area contributed by atoms with E-state index in [9.17, 15) is 14.4 Å². The van der Waals surface area contributed by atoms with Crippen LogP contribution in [0.2, 0.25) is 0 Å². The minimum atomic E-state index is -0.996. The van der Waals surface area contributed by atoms with Gasteiger partial charge in [-0.1, -0.05) is 12.1 Å². The maximum Gasteiger partial charge on any atom is 0.335 e. The number of amides is 2. The van der Waals surface area contributed by atoms with Gasteiger partial charge in [-0.2, -0.15) is 0 Å². The van der Waals surface area contributed by atoms with E-state index in [0.29, 0.717) is 5.69 Å². The Balaban J connectivity index is 1.77. The van der Waals surface area contributed by atoms with E-state index in [1.54, 1.807) is 18.2 Å². The number of imide groups is 1. The molecule has 6 heteroatoms. The SMILES string of the molecule is Cc1cccc(N2C(=O)CC(Sc3ccc(C(=O)O)cc3)C2=O)c1. The normalized spacial score (nSPS) is 17.4. The number of rotatable bonds is 4. The summed E-state index contributed by atoms with van der Waals surface area (Å²) < 4.78 is 0. The van der Waals surface area contributed by atoms with Crippen molar-refractivity contribution in [1.82, 2.24) is 0 Å². The highest BCUT2D eigenvalue weighted by Crippen LogP contribution is 2.34. The Labute approximate surface area is 143 Å². The van der Waals surface area contributed by atoms with Gasteiger partial charge in [0.25, 0.3) is 0 Å². The van der Waals surface area contributed by atoms with Crippen molar-refractivity contribution < 1.29 is 19.5 Å². The summed E-state index contributed by atoms with van der Waals surface area (Å²) >= 11 is 1.28. The van der Waals surface area contributed by atoms with Crippen LogP contribution in [0, 0.1) is 6.92 Å². The van der Waals surface area contributed by atoms with E-state index >= 15 is 0 Å². The molecule has 1 fully saturated rings. The predicted molar refractivity (Wildman–Crippen MR) is 91.3 cm³/mol. The van der Waals surface area contributed by atoms with Crippen molar-refractivity contribution >= 4 is 35.2 Å². The van der Waals surface area contributed by atoms with Crippen molar-refractivity contribution in [3.8, 4) is 0 Å². The minimum absolute atomic E-state index is 0.137. The molecule has 1 unspecified atom stereocenters. The number of aryl methyl sites for hydroxylation is 1. The Morgan fingerprint density at radius 2 is 1.88 bits per heavy atom. The number of benzene rings is 2. The Bertz CT molecular complexity index is 816. The Morgan fingerprint density at radius 1 is 1.17 bits per heavy atom. The van der Waals surface area contributed by atoms with Gasteiger partial charge in [0.05, 0.1) is 16.5 Å². The summed E-state index contributed by atoms with van der Waals surface area (Å²) in [7, 11) is 0. The first-order chi connectivity index (χ1) is 11.5. The maximum absolute atomic E-state index is 12.6. The lowest BCUT2D eigenvalue weighted by molar-refractivity contribution is -0.121. The largest absolute Gasteiger partial charge is 0.478 e. The number of carboxylic acids is 1. The van der Waals surface area contributed by atoms with Crippen LogP contribution in [-0.4, -0.2) is 28.1 Å². The summed E-state index contributed by atoms with van der Waals surface area (Å²) in [6.45, 7) is 1.91. The molecule has 1 heterocycles. The van der Waals surface area contributed by atoms with E-state index in [4.69, 9.17) is 5.11 Å². The number of thioether (sulfide) groups is 1. The molecule has 0 aliphatic carbocycles. The summed E-state index contributed by atoms with van der Waals surface area (Å²) in [5.41, 5.74) is 1.76. The molecule has 1 saturated heterocycles. The number of carbonyl (C=O) groups excluding carboxylic acids is 2. The summed E-state index contributed by atoms with van der Waals surface area (Å²) in [4.78, 5) is 37.7. The van der Waals surface area contributed by atoms with Crippen LogP contribution in [-0.2, 0) is 9.59 Å². The molecule has 24 heavy (non-hydrogen) atoms. The molecule has 3 rings (SSSR count). The molecule has 2 aromatic carbocycles. The van der Waals surface area contributed by atoms with Gasteiger partial charge in [-0.15, -0.1) is 11.8 Å². The third-order valence-corrected chi connectivity index (χ3v) is 4.94. The van der Waals surface area contributed by atoms with Gasteiger partial charge in [0, 0.05) is 11.3 Å². The van der Waals surface area contributed by atoms with Gasteiger partial charge < -0.3 is 5.11 Å². The van der Waals surface area contributed by atoms with Crippen molar-refractivity contribution in [1.29, 1.82) is 0 Å². The minimum Gasteiger partial charge on any atom is -0.478 e. The average molecular weight is 341 g/mol. The van der Waals surface area contributed by atoms with Crippen LogP contribution in [0.3, 0.4) is 0 Å². The first-order valence-electron chi connectivity index (χ1n) is 7.39. The van der Waals surface area contributed by atoms with Crippen LogP contribution in [0.1, 0.15) is 22.3 Å². The monoisotopic (exact) mass is 341 g/mol. The van der Waals surface area contributed by atoms with Crippen LogP contribution in [0.4, 0.5) is 5.69 Å². The molecule has 0 radical (unpaired) electrons. The van der Waals surface area contributed by atoms with Crippen LogP contribution in [0.5, 0.6) is 0 Å². The van der Waals surface area contributed by atoms with Gasteiger partial charge in [0.2, 0.25) is 11.8 Å². The maximum atomic E-state index is 12.6. The number of anilines is 1. The zero-order chi connectivity index (χ0) is 17.3. The number of carboxylic acid groups (broad SMARTS) is 1. The number of nitrogens with zero attached hydrogens (tertiary/aromatic N) is 1. The molecule has 1 aliphatic heterocycles. The molecule has 0 spiro atoms. The van der Waals surface area contributed by atoms with Crippen LogP contribution < -0.4 is 4.90 Å². The van der Waals surface area contributed by atoms with E-state index in [-0.39, 0.29) is 23.8 Å². The fourth-order valence-corrected chi connectivity index (χ4v) is 3.63. The third kappa shape index (κ3) is 3.19. The van der Waals surface area contributed by atoms with E-state index in [1.165, 1.54) is 28.8 Å². The van der Waals surface area contributed by atoms with Crippen LogP contribution >= 0.6 is 11.8 Å². The highest BCUT2D eigenvalue weighted by Gasteiger charge is 2.40. The molecule has 0 saturated carbocycles. The molecule has 122 valence electrons. The van der Waals surface area contributed by atoms with Gasteiger partial charge in [-0.05, 0) is 48.9 Å². The van der Waals surface area contributed by atoms with Crippen LogP contribution in [0.15, 0.2) is 53.4 Å². The van der Waals surface area contributed by atoms with Gasteiger partial charge in [0.1, 0.15) is 0 Å². The number of hydrogen-bond acceptors (Lipinski definition) is 4. The molecule has 0 bridgehead atoms. The lowest BCUT2D eigenvalue weighted by Crippen LogP contribution is -2.31. The Hall–Kier alpha value is -2.60. The number of hydrogen-bond donors (Lipinski definition) is 1. The fraction of sp³-hybridized carbons (Fsp3) is 0.167. The smallest absolute Gasteiger partial charge is 0.335 e. The second-order valence-corrected chi connectivity index (χ2v) is 6.82. The zero-order valence-electron chi connectivity index (χ0n) is 12.9. The predicted octanol–water partition coefficient (Wildman–Crippen LogP) is 3.12. The van der Waals surface area contributed by atoms with E-state index in [1.807, 2.05) is 25.1 Å². The number of aromatic carboxylic acids is 1. The molecular weight excluding hydrogens is 326 g/mol. The van der Waals surface area contributed by atoms with Gasteiger partial charge in [0.15, 0.2) is 0 Å². The Kier molecular flexibility index (Phi) is 4.40. The lowest BCUT2D eigenvalue weighted by Gasteiger charge is -2.15. The summed E-state index contributed by atoms with van der Waals surface area (Å²) in [5.74, 6) is -1.45. The first-order valence-corrected chi connectivity index (χ1v) is 8.27. The quantitative estimate of drug-likeness (QED) is 0.865. The van der Waals surface area contributed by atoms with Crippen LogP contribution in [0.25, 0.3) is 0 Å². The molecule has 2 aromatic rings. The highest BCUT2D eigenvalue weighted by molar-refractivity contribution is 8.00. The lowest BCUT2D eigenvalue weighted by atomic mass is 10.2. The first kappa shape index (κ1) is 16.3. The highest BCUT2D eigenvalue weighted by atomic mass is 32.2. The van der Waals surface area contributed by atoms with Crippen molar-refractivity contribution in [3.05, 3.63) is 59.7 Å². The van der Waals surface area contributed by atoms with Gasteiger partial charge >= 0.3 is 5.97 Å². The van der Waals surface area contributed by atoms with Crippen molar-refractivity contribution in [2.24, 2.45) is 0 Å². The third-order valence-electron chi connectivity index (χ3n) is 3.74. The van der Waals surface area contributed by atoms with Crippen molar-refractivity contribution in [2.45, 2.75) is 23.5 Å². The zero-order valence-corrected chi connectivity index (χ0v) is 13.7. The molecule has 0 aromatic heterocycles. The second kappa shape index (κ2) is 6.49. The molecule has 2 amide bonds. The van der Waals surface area contributed by atoms with Crippen molar-refractivity contribution in [2.75, 3.05) is 4.90 Å². The second-order valence-electron chi connectivity index (χ2n) is 5.55. The average Bonchev–Trinajstić information content (AvgIpc) is 2.82. The van der Waals surface area contributed by atoms with E-state index in [0.717, 1.165) is 10.5 Å². The standard InChI is InChI=1S/C18H15NO4S/c1-11-3-2-4-13(9-11)19-16(20)10-15(17(19)21)24-14-7-5-12(6-8-14)18(22)23/h2-9,15H,10H2,1H3,(H,22,23). The van der Waals surface area contributed by atoms with E-state index in [2.05, 4.69) is 0 Å². The molecule has 1 N–H and O–H groups in total. The topological polar surface area (TPSA) is 74.7 Å². The fourth-order valence-electron chi connectivity index (χ4n) is 2.57. The van der Waals surface area contributed by atoms with Gasteiger partial charge in [-0.3, -0.25) is 9.59 Å². The molecule has 1 atom stereocenters. The summed E-state index contributed by atoms with van der Waals surface area (Å²) in [6.07, 6.45) is 0.137. The number of carbonyl (C=O) groups is 3. The molecule has 1 aliphatic rings. The molecule has 5 nitrogen and oxygen atoms in total. The molecular formula is C18H15NO4S. The van der Waals surface area contributed by atoms with E-state index < -0.39 is 11.2 Å². The Morgan fingerprint density at radius 3 is 2.50 bits per heavy atom. The van der Waals surface area contributed by atoms with Gasteiger partial charge in [-0.25, -0.2) is 9.69 Å². The summed E-state index contributed by atoms with van der Waals surface area (Å²) in [6, 6.07) is 13.6.